The number of halogens is 1. The third-order valence-electron chi connectivity index (χ3n) is 3.02. The number of fused-ring (bicyclic) bond motifs is 1. The molecule has 0 aliphatic rings. The van der Waals surface area contributed by atoms with Gasteiger partial charge >= 0.3 is 0 Å². The van der Waals surface area contributed by atoms with Crippen LogP contribution in [0.5, 0.6) is 0 Å². The number of aromatic nitrogens is 2. The van der Waals surface area contributed by atoms with Crippen LogP contribution in [0, 0.1) is 5.82 Å². The number of imidazole rings is 1. The zero-order valence-corrected chi connectivity index (χ0v) is 10.1. The van der Waals surface area contributed by atoms with Crippen molar-refractivity contribution in [2.75, 3.05) is 0 Å². The lowest BCUT2D eigenvalue weighted by molar-refractivity contribution is 0.111. The molecule has 0 amide bonds. The van der Waals surface area contributed by atoms with Crippen molar-refractivity contribution in [3.8, 4) is 0 Å². The molecular weight excluding hydrogens is 243 g/mol. The van der Waals surface area contributed by atoms with Crippen LogP contribution in [0.2, 0.25) is 0 Å². The molecule has 0 spiro atoms. The van der Waals surface area contributed by atoms with Gasteiger partial charge in [0.15, 0.2) is 6.29 Å². The number of carbonyl (C=O) groups is 1. The Hall–Kier alpha value is -2.49. The van der Waals surface area contributed by atoms with Crippen LogP contribution in [-0.4, -0.2) is 15.7 Å². The van der Waals surface area contributed by atoms with Crippen molar-refractivity contribution < 1.29 is 9.18 Å². The average Bonchev–Trinajstić information content (AvgIpc) is 2.76. The second-order valence-electron chi connectivity index (χ2n) is 4.30. The van der Waals surface area contributed by atoms with Gasteiger partial charge in [-0.25, -0.2) is 9.37 Å². The van der Waals surface area contributed by atoms with Crippen LogP contribution in [0.25, 0.3) is 5.65 Å². The summed E-state index contributed by atoms with van der Waals surface area (Å²) in [5.41, 5.74) is 2.70. The van der Waals surface area contributed by atoms with Crippen LogP contribution in [0.1, 0.15) is 21.7 Å². The molecule has 1 aromatic carbocycles. The first-order valence-corrected chi connectivity index (χ1v) is 5.93. The summed E-state index contributed by atoms with van der Waals surface area (Å²) in [6, 6.07) is 12.7. The monoisotopic (exact) mass is 254 g/mol. The number of rotatable bonds is 3. The molecule has 0 aliphatic carbocycles. The Kier molecular flexibility index (Phi) is 2.83. The number of benzene rings is 1. The van der Waals surface area contributed by atoms with Gasteiger partial charge in [0.25, 0.3) is 0 Å². The fraction of sp³-hybridized carbons (Fsp3) is 0.0667. The molecule has 0 fully saturated rings. The molecule has 3 aromatic rings. The van der Waals surface area contributed by atoms with Crippen molar-refractivity contribution in [2.45, 2.75) is 6.42 Å². The van der Waals surface area contributed by atoms with Crippen LogP contribution in [-0.2, 0) is 6.42 Å². The van der Waals surface area contributed by atoms with Gasteiger partial charge in [0.05, 0.1) is 5.69 Å². The molecule has 19 heavy (non-hydrogen) atoms. The van der Waals surface area contributed by atoms with Gasteiger partial charge in [0.1, 0.15) is 17.2 Å². The molecule has 0 bridgehead atoms. The summed E-state index contributed by atoms with van der Waals surface area (Å²) in [6.45, 7) is 0. The third-order valence-corrected chi connectivity index (χ3v) is 3.02. The van der Waals surface area contributed by atoms with Crippen molar-refractivity contribution in [1.29, 1.82) is 0 Å². The lowest BCUT2D eigenvalue weighted by Gasteiger charge is -1.99. The number of hydrogen-bond donors (Lipinski definition) is 0. The fourth-order valence-electron chi connectivity index (χ4n) is 2.13. The molecule has 0 radical (unpaired) electrons. The van der Waals surface area contributed by atoms with Gasteiger partial charge in [-0.3, -0.25) is 9.20 Å². The van der Waals surface area contributed by atoms with E-state index in [1.807, 2.05) is 30.3 Å². The Morgan fingerprint density at radius 2 is 1.95 bits per heavy atom. The minimum absolute atomic E-state index is 0.390. The van der Waals surface area contributed by atoms with Crippen LogP contribution in [0.15, 0.2) is 48.7 Å². The Labute approximate surface area is 109 Å². The number of aldehydes is 1. The van der Waals surface area contributed by atoms with Gasteiger partial charge in [0, 0.05) is 12.6 Å². The second-order valence-corrected chi connectivity index (χ2v) is 4.30. The molecule has 0 saturated heterocycles. The molecule has 2 heterocycles. The van der Waals surface area contributed by atoms with E-state index in [9.17, 15) is 9.18 Å². The number of pyridine rings is 1. The van der Waals surface area contributed by atoms with Crippen molar-refractivity contribution in [3.05, 3.63) is 71.4 Å². The van der Waals surface area contributed by atoms with Crippen LogP contribution >= 0.6 is 0 Å². The first-order valence-electron chi connectivity index (χ1n) is 5.93. The smallest absolute Gasteiger partial charge is 0.168 e. The first kappa shape index (κ1) is 11.6. The Morgan fingerprint density at radius 1 is 1.16 bits per heavy atom. The molecular formula is C15H11FN2O. The zero-order valence-electron chi connectivity index (χ0n) is 10.1. The molecule has 3 nitrogen and oxygen atoms in total. The molecule has 0 atom stereocenters. The molecule has 2 aromatic heterocycles. The minimum Gasteiger partial charge on any atom is -0.296 e. The summed E-state index contributed by atoms with van der Waals surface area (Å²) < 4.78 is 14.7. The molecule has 0 unspecified atom stereocenters. The fourth-order valence-corrected chi connectivity index (χ4v) is 2.13. The molecule has 4 heteroatoms. The summed E-state index contributed by atoms with van der Waals surface area (Å²) in [5, 5.41) is 0. The molecule has 0 aliphatic heterocycles. The summed E-state index contributed by atoms with van der Waals surface area (Å²) in [4.78, 5) is 15.6. The van der Waals surface area contributed by atoms with Crippen LogP contribution in [0.4, 0.5) is 4.39 Å². The molecule has 0 N–H and O–H groups in total. The third kappa shape index (κ3) is 2.12. The second kappa shape index (κ2) is 4.65. The first-order chi connectivity index (χ1) is 9.28. The molecule has 3 rings (SSSR count). The normalized spacial score (nSPS) is 10.8. The molecule has 0 saturated carbocycles. The standard InChI is InChI=1S/C15H11FN2O/c16-12-6-7-15-17-13(14(10-19)18(15)9-12)8-11-4-2-1-3-5-11/h1-7,9-10H,8H2. The largest absolute Gasteiger partial charge is 0.296 e. The maximum atomic E-state index is 13.2. The van der Waals surface area contributed by atoms with E-state index in [0.717, 1.165) is 11.8 Å². The summed E-state index contributed by atoms with van der Waals surface area (Å²) in [7, 11) is 0. The number of carbonyl (C=O) groups excluding carboxylic acids is 1. The molecule has 94 valence electrons. The quantitative estimate of drug-likeness (QED) is 0.673. The minimum atomic E-state index is -0.390. The van der Waals surface area contributed by atoms with Crippen molar-refractivity contribution in [1.82, 2.24) is 9.38 Å². The summed E-state index contributed by atoms with van der Waals surface area (Å²) in [6.07, 6.45) is 2.55. The van der Waals surface area contributed by atoms with Crippen molar-refractivity contribution >= 4 is 11.9 Å². The van der Waals surface area contributed by atoms with Crippen LogP contribution < -0.4 is 0 Å². The highest BCUT2D eigenvalue weighted by Gasteiger charge is 2.12. The Bertz CT molecular complexity index is 734. The highest BCUT2D eigenvalue weighted by atomic mass is 19.1. The lowest BCUT2D eigenvalue weighted by Crippen LogP contribution is -1.96. The topological polar surface area (TPSA) is 34.4 Å². The van der Waals surface area contributed by atoms with Gasteiger partial charge < -0.3 is 0 Å². The van der Waals surface area contributed by atoms with Crippen molar-refractivity contribution in [2.24, 2.45) is 0 Å². The lowest BCUT2D eigenvalue weighted by atomic mass is 10.1. The average molecular weight is 254 g/mol. The SMILES string of the molecule is O=Cc1c(Cc2ccccc2)nc2ccc(F)cn12. The number of hydrogen-bond acceptors (Lipinski definition) is 2. The number of nitrogens with zero attached hydrogens (tertiary/aromatic N) is 2. The van der Waals surface area contributed by atoms with E-state index in [2.05, 4.69) is 4.98 Å². The van der Waals surface area contributed by atoms with Gasteiger partial charge in [0.2, 0.25) is 0 Å². The van der Waals surface area contributed by atoms with Crippen LogP contribution in [0.3, 0.4) is 0 Å². The van der Waals surface area contributed by atoms with E-state index in [4.69, 9.17) is 0 Å². The maximum absolute atomic E-state index is 13.2. The van der Waals surface area contributed by atoms with E-state index in [1.54, 1.807) is 6.07 Å². The maximum Gasteiger partial charge on any atom is 0.168 e. The highest BCUT2D eigenvalue weighted by molar-refractivity contribution is 5.76. The predicted octanol–water partition coefficient (Wildman–Crippen LogP) is 2.88. The van der Waals surface area contributed by atoms with Gasteiger partial charge in [-0.1, -0.05) is 30.3 Å². The highest BCUT2D eigenvalue weighted by Crippen LogP contribution is 2.16. The van der Waals surface area contributed by atoms with E-state index in [-0.39, 0.29) is 5.82 Å². The summed E-state index contributed by atoms with van der Waals surface area (Å²) >= 11 is 0. The predicted molar refractivity (Wildman–Crippen MR) is 69.8 cm³/mol. The van der Waals surface area contributed by atoms with Gasteiger partial charge in [-0.05, 0) is 17.7 Å². The Morgan fingerprint density at radius 3 is 2.68 bits per heavy atom. The van der Waals surface area contributed by atoms with Gasteiger partial charge in [-0.2, -0.15) is 0 Å². The van der Waals surface area contributed by atoms with E-state index in [0.29, 0.717) is 23.5 Å². The van der Waals surface area contributed by atoms with E-state index < -0.39 is 0 Å². The Balaban J connectivity index is 2.11. The zero-order chi connectivity index (χ0) is 13.2. The van der Waals surface area contributed by atoms with E-state index >= 15 is 0 Å². The van der Waals surface area contributed by atoms with Gasteiger partial charge in [-0.15, -0.1) is 0 Å². The summed E-state index contributed by atoms with van der Waals surface area (Å²) in [5.74, 6) is -0.390. The van der Waals surface area contributed by atoms with E-state index in [1.165, 1.54) is 16.7 Å². The van der Waals surface area contributed by atoms with Crippen molar-refractivity contribution in [3.63, 3.8) is 0 Å².